The van der Waals surface area contributed by atoms with Gasteiger partial charge in [-0.1, -0.05) is 56.3 Å². The molecule has 1 fully saturated rings. The van der Waals surface area contributed by atoms with E-state index in [1.165, 1.54) is 4.90 Å². The number of nitrogens with zero attached hydrogens (tertiary/aromatic N) is 2. The molecule has 6 heteroatoms. The maximum atomic E-state index is 13.4. The molecule has 1 unspecified atom stereocenters. The van der Waals surface area contributed by atoms with Gasteiger partial charge in [0.2, 0.25) is 0 Å². The van der Waals surface area contributed by atoms with Crippen LogP contribution in [0.5, 0.6) is 5.75 Å². The summed E-state index contributed by atoms with van der Waals surface area (Å²) in [7, 11) is 1.95. The molecule has 35 heavy (non-hydrogen) atoms. The molecule has 3 aromatic rings. The predicted molar refractivity (Wildman–Crippen MR) is 137 cm³/mol. The van der Waals surface area contributed by atoms with Gasteiger partial charge in [-0.3, -0.25) is 14.5 Å². The summed E-state index contributed by atoms with van der Waals surface area (Å²) < 4.78 is 5.72. The summed E-state index contributed by atoms with van der Waals surface area (Å²) in [5.41, 5.74) is 3.88. The van der Waals surface area contributed by atoms with Gasteiger partial charge in [-0.05, 0) is 47.4 Å². The molecule has 0 bridgehead atoms. The standard InChI is InChI=1S/C29H28N2O4/c1-18(2)19-9-12-22(13-10-19)31-26(20-7-5-4-6-8-20)25(28(33)29(31)34)27(32)21-11-14-24-23(17-21)30(3)15-16-35-24/h4-14,17-18,26,32H,15-16H2,1-3H3/b27-25-. The van der Waals surface area contributed by atoms with Crippen molar-refractivity contribution in [2.75, 3.05) is 30.0 Å². The first-order valence-corrected chi connectivity index (χ1v) is 11.8. The lowest BCUT2D eigenvalue weighted by atomic mass is 9.94. The summed E-state index contributed by atoms with van der Waals surface area (Å²) in [6, 6.07) is 21.6. The van der Waals surface area contributed by atoms with Gasteiger partial charge in [-0.2, -0.15) is 0 Å². The topological polar surface area (TPSA) is 70.1 Å². The van der Waals surface area contributed by atoms with E-state index < -0.39 is 17.7 Å². The third-order valence-corrected chi connectivity index (χ3v) is 6.73. The minimum atomic E-state index is -0.744. The Morgan fingerprint density at radius 3 is 2.40 bits per heavy atom. The third kappa shape index (κ3) is 3.95. The Morgan fingerprint density at radius 1 is 1.00 bits per heavy atom. The second-order valence-corrected chi connectivity index (χ2v) is 9.28. The van der Waals surface area contributed by atoms with E-state index in [0.29, 0.717) is 23.8 Å². The number of aliphatic hydroxyl groups is 1. The molecule has 2 aliphatic rings. The summed E-state index contributed by atoms with van der Waals surface area (Å²) in [4.78, 5) is 30.2. The van der Waals surface area contributed by atoms with Crippen LogP contribution in [0.15, 0.2) is 78.4 Å². The summed E-state index contributed by atoms with van der Waals surface area (Å²) >= 11 is 0. The molecule has 1 amide bonds. The van der Waals surface area contributed by atoms with Crippen LogP contribution in [0.2, 0.25) is 0 Å². The van der Waals surface area contributed by atoms with Crippen LogP contribution < -0.4 is 14.5 Å². The molecule has 1 atom stereocenters. The third-order valence-electron chi connectivity index (χ3n) is 6.73. The molecular formula is C29H28N2O4. The molecule has 0 spiro atoms. The van der Waals surface area contributed by atoms with Gasteiger partial charge in [0, 0.05) is 18.3 Å². The number of hydrogen-bond acceptors (Lipinski definition) is 5. The number of likely N-dealkylation sites (N-methyl/N-ethyl adjacent to an activating group) is 1. The number of hydrogen-bond donors (Lipinski definition) is 1. The Balaban J connectivity index is 1.66. The van der Waals surface area contributed by atoms with E-state index in [2.05, 4.69) is 13.8 Å². The highest BCUT2D eigenvalue weighted by molar-refractivity contribution is 6.51. The summed E-state index contributed by atoms with van der Waals surface area (Å²) in [6.45, 7) is 5.51. The number of fused-ring (bicyclic) bond motifs is 1. The average molecular weight is 469 g/mol. The molecule has 0 radical (unpaired) electrons. The first-order valence-electron chi connectivity index (χ1n) is 11.8. The molecule has 6 nitrogen and oxygen atoms in total. The second kappa shape index (κ2) is 8.95. The fourth-order valence-electron chi connectivity index (χ4n) is 4.72. The summed E-state index contributed by atoms with van der Waals surface area (Å²) in [6.07, 6.45) is 0. The van der Waals surface area contributed by atoms with E-state index in [9.17, 15) is 14.7 Å². The van der Waals surface area contributed by atoms with Crippen molar-refractivity contribution in [2.24, 2.45) is 0 Å². The van der Waals surface area contributed by atoms with Crippen LogP contribution in [0.4, 0.5) is 11.4 Å². The van der Waals surface area contributed by atoms with Crippen molar-refractivity contribution in [2.45, 2.75) is 25.8 Å². The van der Waals surface area contributed by atoms with E-state index in [1.807, 2.05) is 66.5 Å². The quantitative estimate of drug-likeness (QED) is 0.321. The molecular weight excluding hydrogens is 440 g/mol. The van der Waals surface area contributed by atoms with E-state index >= 15 is 0 Å². The number of ketones is 1. The van der Waals surface area contributed by atoms with Gasteiger partial charge in [0.25, 0.3) is 11.7 Å². The predicted octanol–water partition coefficient (Wildman–Crippen LogP) is 5.26. The minimum Gasteiger partial charge on any atom is -0.507 e. The first-order chi connectivity index (χ1) is 16.9. The first kappa shape index (κ1) is 22.7. The van der Waals surface area contributed by atoms with Gasteiger partial charge in [0.15, 0.2) is 0 Å². The van der Waals surface area contributed by atoms with Crippen molar-refractivity contribution in [3.63, 3.8) is 0 Å². The minimum absolute atomic E-state index is 0.0773. The van der Waals surface area contributed by atoms with E-state index in [4.69, 9.17) is 4.74 Å². The van der Waals surface area contributed by atoms with Crippen LogP contribution in [-0.2, 0) is 9.59 Å². The Labute approximate surface area is 205 Å². The van der Waals surface area contributed by atoms with Gasteiger partial charge in [-0.25, -0.2) is 0 Å². The molecule has 0 aromatic heterocycles. The van der Waals surface area contributed by atoms with E-state index in [1.54, 1.807) is 18.2 Å². The monoisotopic (exact) mass is 468 g/mol. The van der Waals surface area contributed by atoms with Crippen LogP contribution in [0, 0.1) is 0 Å². The van der Waals surface area contributed by atoms with Crippen molar-refractivity contribution in [1.82, 2.24) is 0 Å². The fourth-order valence-corrected chi connectivity index (χ4v) is 4.72. The number of ether oxygens (including phenoxy) is 1. The average Bonchev–Trinajstić information content (AvgIpc) is 3.14. The smallest absolute Gasteiger partial charge is 0.300 e. The molecule has 0 saturated carbocycles. The van der Waals surface area contributed by atoms with Gasteiger partial charge in [0.1, 0.15) is 18.1 Å². The summed E-state index contributed by atoms with van der Waals surface area (Å²) in [5, 5.41) is 11.4. The molecule has 178 valence electrons. The van der Waals surface area contributed by atoms with Crippen molar-refractivity contribution < 1.29 is 19.4 Å². The van der Waals surface area contributed by atoms with Crippen molar-refractivity contribution in [1.29, 1.82) is 0 Å². The second-order valence-electron chi connectivity index (χ2n) is 9.28. The summed E-state index contributed by atoms with van der Waals surface area (Å²) in [5.74, 6) is -0.487. The highest BCUT2D eigenvalue weighted by Gasteiger charge is 2.47. The zero-order valence-corrected chi connectivity index (χ0v) is 20.1. The maximum absolute atomic E-state index is 13.4. The van der Waals surface area contributed by atoms with Crippen molar-refractivity contribution in [3.8, 4) is 5.75 Å². The Hall–Kier alpha value is -4.06. The Kier molecular flexibility index (Phi) is 5.81. The van der Waals surface area contributed by atoms with Crippen LogP contribution in [-0.4, -0.2) is 37.0 Å². The Bertz CT molecular complexity index is 1310. The van der Waals surface area contributed by atoms with Crippen LogP contribution >= 0.6 is 0 Å². The molecule has 2 aliphatic heterocycles. The molecule has 0 aliphatic carbocycles. The molecule has 1 N–H and O–H groups in total. The molecule has 2 heterocycles. The number of benzene rings is 3. The number of Topliss-reactive ketones (excluding diaryl/α,β-unsaturated/α-hetero) is 1. The number of carbonyl (C=O) groups is 2. The lowest BCUT2D eigenvalue weighted by Gasteiger charge is -2.28. The van der Waals surface area contributed by atoms with E-state index in [0.717, 1.165) is 29.1 Å². The number of amides is 1. The van der Waals surface area contributed by atoms with Gasteiger partial charge >= 0.3 is 0 Å². The molecule has 5 rings (SSSR count). The van der Waals surface area contributed by atoms with Gasteiger partial charge in [0.05, 0.1) is 23.8 Å². The van der Waals surface area contributed by atoms with Crippen molar-refractivity contribution in [3.05, 3.63) is 95.1 Å². The molecule has 3 aromatic carbocycles. The lowest BCUT2D eigenvalue weighted by molar-refractivity contribution is -0.132. The van der Waals surface area contributed by atoms with Crippen LogP contribution in [0.1, 0.15) is 42.5 Å². The maximum Gasteiger partial charge on any atom is 0.300 e. The zero-order valence-electron chi connectivity index (χ0n) is 20.1. The van der Waals surface area contributed by atoms with Gasteiger partial charge in [-0.15, -0.1) is 0 Å². The number of anilines is 2. The molecule has 1 saturated heterocycles. The fraction of sp³-hybridized carbons (Fsp3) is 0.241. The van der Waals surface area contributed by atoms with Crippen LogP contribution in [0.25, 0.3) is 5.76 Å². The normalized spacial score (nSPS) is 19.1. The number of aliphatic hydroxyl groups excluding tert-OH is 1. The largest absolute Gasteiger partial charge is 0.507 e. The SMILES string of the molecule is CC(C)c1ccc(N2C(=O)C(=O)/C(=C(\O)c3ccc4c(c3)N(C)CCO4)C2c2ccccc2)cc1. The number of carbonyl (C=O) groups excluding carboxylic acids is 2. The number of rotatable bonds is 4. The van der Waals surface area contributed by atoms with Crippen LogP contribution in [0.3, 0.4) is 0 Å². The van der Waals surface area contributed by atoms with Gasteiger partial charge < -0.3 is 14.7 Å². The lowest BCUT2D eigenvalue weighted by Crippen LogP contribution is -2.29. The highest BCUT2D eigenvalue weighted by Crippen LogP contribution is 2.43. The zero-order chi connectivity index (χ0) is 24.7. The van der Waals surface area contributed by atoms with Crippen molar-refractivity contribution >= 4 is 28.8 Å². The highest BCUT2D eigenvalue weighted by atomic mass is 16.5. The van der Waals surface area contributed by atoms with E-state index in [-0.39, 0.29) is 11.3 Å². The Morgan fingerprint density at radius 2 is 1.71 bits per heavy atom.